The lowest BCUT2D eigenvalue weighted by atomic mass is 9.91. The van der Waals surface area contributed by atoms with E-state index < -0.39 is 0 Å². The smallest absolute Gasteiger partial charge is 0.231 e. The molecule has 2 aromatic rings. The van der Waals surface area contributed by atoms with Crippen molar-refractivity contribution in [3.8, 4) is 29.1 Å². The van der Waals surface area contributed by atoms with Gasteiger partial charge in [-0.3, -0.25) is 10.1 Å². The molecule has 0 spiro atoms. The molecule has 1 atom stereocenters. The zero-order chi connectivity index (χ0) is 21.3. The van der Waals surface area contributed by atoms with Crippen molar-refractivity contribution in [2.24, 2.45) is 0 Å². The SMILES string of the molecule is COc1c2c(cc3c1[C@H](C#CCNc1cc(N([O-])O)ccc1C)N(C)CC3)OCO2. The highest BCUT2D eigenvalue weighted by Gasteiger charge is 2.33. The standard InChI is InChI=1S/C22H24N3O5/c1-14-6-7-16(25(26)27)12-17(14)23-9-4-5-18-20-15(8-10-24(18)2)11-19-21(22(20)28-3)30-13-29-19/h6-7,11-12,18,23,26H,8-10,13H2,1-3H3/q-1/t18-/m0/s1. The van der Waals surface area contributed by atoms with Gasteiger partial charge in [-0.2, -0.15) is 0 Å². The van der Waals surface area contributed by atoms with E-state index in [0.717, 1.165) is 41.1 Å². The van der Waals surface area contributed by atoms with Gasteiger partial charge < -0.3 is 30.0 Å². The lowest BCUT2D eigenvalue weighted by Crippen LogP contribution is -2.31. The number of nitrogens with zero attached hydrogens (tertiary/aromatic N) is 2. The highest BCUT2D eigenvalue weighted by atomic mass is 16.8. The van der Waals surface area contributed by atoms with Crippen LogP contribution < -0.4 is 24.8 Å². The van der Waals surface area contributed by atoms with Crippen LogP contribution >= 0.6 is 0 Å². The molecule has 0 unspecified atom stereocenters. The van der Waals surface area contributed by atoms with E-state index in [4.69, 9.17) is 19.4 Å². The van der Waals surface area contributed by atoms with Crippen molar-refractivity contribution in [1.82, 2.24) is 4.90 Å². The number of methoxy groups -OCH3 is 1. The summed E-state index contributed by atoms with van der Waals surface area (Å²) in [5.41, 5.74) is 4.04. The largest absolute Gasteiger partial charge is 0.733 e. The Morgan fingerprint density at radius 2 is 2.20 bits per heavy atom. The summed E-state index contributed by atoms with van der Waals surface area (Å²) in [6.07, 6.45) is 0.883. The number of hydrogen-bond acceptors (Lipinski definition) is 8. The van der Waals surface area contributed by atoms with Crippen molar-refractivity contribution in [1.29, 1.82) is 0 Å². The number of likely N-dealkylation sites (N-methyl/N-ethyl adjacent to an activating group) is 1. The van der Waals surface area contributed by atoms with E-state index in [9.17, 15) is 5.21 Å². The Balaban J connectivity index is 1.57. The minimum atomic E-state index is -0.152. The number of hydrogen-bond donors (Lipinski definition) is 2. The molecule has 8 heteroatoms. The van der Waals surface area contributed by atoms with E-state index in [1.54, 1.807) is 25.3 Å². The second kappa shape index (κ2) is 8.32. The van der Waals surface area contributed by atoms with Gasteiger partial charge >= 0.3 is 0 Å². The van der Waals surface area contributed by atoms with Crippen LogP contribution in [0.25, 0.3) is 0 Å². The minimum Gasteiger partial charge on any atom is -0.733 e. The molecular formula is C22H24N3O5-. The van der Waals surface area contributed by atoms with Gasteiger partial charge in [0.05, 0.1) is 19.3 Å². The second-order valence-corrected chi connectivity index (χ2v) is 7.30. The minimum absolute atomic E-state index is 0.137. The maximum atomic E-state index is 11.1. The van der Waals surface area contributed by atoms with Gasteiger partial charge in [-0.1, -0.05) is 17.9 Å². The summed E-state index contributed by atoms with van der Waals surface area (Å²) in [6, 6.07) is 6.81. The normalized spacial score (nSPS) is 17.0. The molecule has 4 rings (SSSR count). The predicted molar refractivity (Wildman–Crippen MR) is 113 cm³/mol. The molecule has 0 saturated heterocycles. The molecule has 2 aliphatic rings. The monoisotopic (exact) mass is 410 g/mol. The van der Waals surface area contributed by atoms with Gasteiger partial charge in [0.1, 0.15) is 6.04 Å². The van der Waals surface area contributed by atoms with E-state index >= 15 is 0 Å². The summed E-state index contributed by atoms with van der Waals surface area (Å²) in [5, 5.41) is 23.3. The molecule has 0 bridgehead atoms. The summed E-state index contributed by atoms with van der Waals surface area (Å²) in [7, 11) is 3.67. The summed E-state index contributed by atoms with van der Waals surface area (Å²) in [6.45, 7) is 3.38. The molecule has 30 heavy (non-hydrogen) atoms. The molecule has 0 fully saturated rings. The molecule has 0 saturated carbocycles. The molecule has 8 nitrogen and oxygen atoms in total. The number of nitrogens with one attached hydrogen (secondary N) is 1. The summed E-state index contributed by atoms with van der Waals surface area (Å²) in [4.78, 5) is 2.19. The maximum absolute atomic E-state index is 11.1. The van der Waals surface area contributed by atoms with Crippen LogP contribution in [0.3, 0.4) is 0 Å². The molecule has 2 aliphatic heterocycles. The fraction of sp³-hybridized carbons (Fsp3) is 0.364. The van der Waals surface area contributed by atoms with E-state index in [-0.39, 0.29) is 23.7 Å². The third kappa shape index (κ3) is 3.71. The van der Waals surface area contributed by atoms with Crippen molar-refractivity contribution >= 4 is 11.4 Å². The second-order valence-electron chi connectivity index (χ2n) is 7.30. The highest BCUT2D eigenvalue weighted by molar-refractivity contribution is 5.63. The van der Waals surface area contributed by atoms with E-state index in [1.165, 1.54) is 0 Å². The van der Waals surface area contributed by atoms with Crippen LogP contribution in [0.2, 0.25) is 0 Å². The predicted octanol–water partition coefficient (Wildman–Crippen LogP) is 3.07. The topological polar surface area (TPSA) is 89.5 Å². The number of ether oxygens (including phenoxy) is 3. The quantitative estimate of drug-likeness (QED) is 0.587. The Morgan fingerprint density at radius 3 is 2.97 bits per heavy atom. The van der Waals surface area contributed by atoms with Crippen LogP contribution in [-0.2, 0) is 6.42 Å². The van der Waals surface area contributed by atoms with Gasteiger partial charge in [-0.25, -0.2) is 0 Å². The molecule has 2 N–H and O–H groups in total. The van der Waals surface area contributed by atoms with Crippen LogP contribution in [0.4, 0.5) is 11.4 Å². The molecule has 2 heterocycles. The number of aryl methyl sites for hydroxylation is 1. The average molecular weight is 410 g/mol. The van der Waals surface area contributed by atoms with Gasteiger partial charge in [-0.05, 0) is 49.7 Å². The van der Waals surface area contributed by atoms with Crippen LogP contribution in [0, 0.1) is 24.0 Å². The third-order valence-corrected chi connectivity index (χ3v) is 5.44. The molecule has 2 aromatic carbocycles. The van der Waals surface area contributed by atoms with Gasteiger partial charge in [0.25, 0.3) is 0 Å². The van der Waals surface area contributed by atoms with E-state index in [2.05, 4.69) is 22.1 Å². The Hall–Kier alpha value is -3.12. The Labute approximate surface area is 175 Å². The van der Waals surface area contributed by atoms with Crippen LogP contribution in [0.5, 0.6) is 17.2 Å². The zero-order valence-corrected chi connectivity index (χ0v) is 17.2. The first-order valence-corrected chi connectivity index (χ1v) is 9.68. The van der Waals surface area contributed by atoms with Crippen molar-refractivity contribution < 1.29 is 19.4 Å². The number of fused-ring (bicyclic) bond motifs is 2. The van der Waals surface area contributed by atoms with Crippen molar-refractivity contribution in [2.45, 2.75) is 19.4 Å². The number of rotatable bonds is 4. The van der Waals surface area contributed by atoms with E-state index in [1.807, 2.05) is 20.0 Å². The number of anilines is 2. The summed E-state index contributed by atoms with van der Waals surface area (Å²) >= 11 is 0. The van der Waals surface area contributed by atoms with Crippen LogP contribution in [-0.4, -0.2) is 44.1 Å². The lowest BCUT2D eigenvalue weighted by molar-refractivity contribution is 0.171. The first-order chi connectivity index (χ1) is 14.5. The fourth-order valence-electron chi connectivity index (χ4n) is 3.82. The molecule has 0 aliphatic carbocycles. The maximum Gasteiger partial charge on any atom is 0.231 e. The van der Waals surface area contributed by atoms with Crippen molar-refractivity contribution in [3.05, 3.63) is 46.2 Å². The fourth-order valence-corrected chi connectivity index (χ4v) is 3.82. The van der Waals surface area contributed by atoms with Gasteiger partial charge in [0, 0.05) is 17.8 Å². The zero-order valence-electron chi connectivity index (χ0n) is 17.2. The molecule has 158 valence electrons. The average Bonchev–Trinajstić information content (AvgIpc) is 3.20. The Kier molecular flexibility index (Phi) is 5.59. The Bertz CT molecular complexity index is 1010. The molecular weight excluding hydrogens is 386 g/mol. The van der Waals surface area contributed by atoms with E-state index in [0.29, 0.717) is 18.0 Å². The van der Waals surface area contributed by atoms with Gasteiger partial charge in [-0.15, -0.1) is 0 Å². The van der Waals surface area contributed by atoms with Crippen LogP contribution in [0.1, 0.15) is 22.7 Å². The van der Waals surface area contributed by atoms with Gasteiger partial charge in [0.15, 0.2) is 11.5 Å². The third-order valence-electron chi connectivity index (χ3n) is 5.44. The molecule has 0 radical (unpaired) electrons. The van der Waals surface area contributed by atoms with Crippen molar-refractivity contribution in [3.63, 3.8) is 0 Å². The molecule has 0 aromatic heterocycles. The number of benzene rings is 2. The van der Waals surface area contributed by atoms with Gasteiger partial charge in [0.2, 0.25) is 12.5 Å². The molecule has 0 amide bonds. The van der Waals surface area contributed by atoms with Crippen LogP contribution in [0.15, 0.2) is 24.3 Å². The summed E-state index contributed by atoms with van der Waals surface area (Å²) < 4.78 is 16.9. The summed E-state index contributed by atoms with van der Waals surface area (Å²) in [5.74, 6) is 8.55. The Morgan fingerprint density at radius 1 is 1.37 bits per heavy atom. The first-order valence-electron chi connectivity index (χ1n) is 9.68. The van der Waals surface area contributed by atoms with Crippen molar-refractivity contribution in [2.75, 3.05) is 44.6 Å². The lowest BCUT2D eigenvalue weighted by Gasteiger charge is -2.32. The first kappa shape index (κ1) is 20.2. The highest BCUT2D eigenvalue weighted by Crippen LogP contribution is 2.49.